The highest BCUT2D eigenvalue weighted by atomic mass is 32.1. The number of aryl methyl sites for hydroxylation is 1. The van der Waals surface area contributed by atoms with Crippen LogP contribution < -0.4 is 10.5 Å². The van der Waals surface area contributed by atoms with Crippen LogP contribution in [0.1, 0.15) is 60.4 Å². The summed E-state index contributed by atoms with van der Waals surface area (Å²) < 4.78 is 6.54. The molecule has 2 N–H and O–H groups in total. The highest BCUT2D eigenvalue weighted by Gasteiger charge is 2.33. The smallest absolute Gasteiger partial charge is 0.225 e. The average molecular weight is 506 g/mol. The third kappa shape index (κ3) is 4.99. The molecule has 0 spiro atoms. The van der Waals surface area contributed by atoms with Crippen molar-refractivity contribution < 1.29 is 9.53 Å². The molecule has 2 aliphatic carbocycles. The third-order valence-corrected chi connectivity index (χ3v) is 9.41. The Morgan fingerprint density at radius 2 is 1.81 bits per heavy atom. The van der Waals surface area contributed by atoms with Crippen LogP contribution >= 0.6 is 11.3 Å². The monoisotopic (exact) mass is 505 g/mol. The number of ether oxygens (including phenoxy) is 1. The van der Waals surface area contributed by atoms with Crippen molar-refractivity contribution in [1.29, 1.82) is 0 Å². The molecule has 190 valence electrons. The number of nitrogens with zero attached hydrogens (tertiary/aromatic N) is 4. The molecule has 3 heterocycles. The molecular weight excluding hydrogens is 470 g/mol. The molecule has 3 aliphatic rings. The average Bonchev–Trinajstić information content (AvgIpc) is 3.45. The topological polar surface area (TPSA) is 84.6 Å². The van der Waals surface area contributed by atoms with Crippen molar-refractivity contribution in [3.8, 4) is 5.88 Å². The van der Waals surface area contributed by atoms with Crippen molar-refractivity contribution in [1.82, 2.24) is 19.8 Å². The van der Waals surface area contributed by atoms with Gasteiger partial charge < -0.3 is 10.5 Å². The lowest BCUT2D eigenvalue weighted by Crippen LogP contribution is -2.51. The van der Waals surface area contributed by atoms with Crippen LogP contribution in [0.3, 0.4) is 0 Å². The highest BCUT2D eigenvalue weighted by Crippen LogP contribution is 2.47. The summed E-state index contributed by atoms with van der Waals surface area (Å²) in [5.41, 5.74) is 8.16. The Balaban J connectivity index is 1.05. The Labute approximate surface area is 216 Å². The fourth-order valence-electron chi connectivity index (χ4n) is 6.39. The largest absolute Gasteiger partial charge is 0.474 e. The SMILES string of the molecule is NC(=O)C[C@H]1CCc2sc3ncnc(O[C@H]4CC[C@H](N5CCN(Cc6ccccc6)CC5)CC4)c3c21. The van der Waals surface area contributed by atoms with Gasteiger partial charge in [-0.2, -0.15) is 0 Å². The number of aromatic nitrogens is 2. The fourth-order valence-corrected chi connectivity index (χ4v) is 7.62. The van der Waals surface area contributed by atoms with Gasteiger partial charge in [0.05, 0.1) is 5.39 Å². The highest BCUT2D eigenvalue weighted by molar-refractivity contribution is 7.19. The Morgan fingerprint density at radius 1 is 1.03 bits per heavy atom. The zero-order valence-electron chi connectivity index (χ0n) is 20.8. The predicted molar refractivity (Wildman–Crippen MR) is 142 cm³/mol. The molecule has 1 saturated carbocycles. The molecule has 1 aromatic carbocycles. The van der Waals surface area contributed by atoms with E-state index in [1.165, 1.54) is 28.8 Å². The first-order valence-electron chi connectivity index (χ1n) is 13.4. The fraction of sp³-hybridized carbons (Fsp3) is 0.536. The molecule has 1 saturated heterocycles. The van der Waals surface area contributed by atoms with Crippen molar-refractivity contribution >= 4 is 27.5 Å². The van der Waals surface area contributed by atoms with Gasteiger partial charge in [0, 0.05) is 50.1 Å². The Hall–Kier alpha value is -2.55. The molecule has 36 heavy (non-hydrogen) atoms. The number of piperazine rings is 1. The first-order valence-corrected chi connectivity index (χ1v) is 14.2. The normalized spacial score (nSPS) is 25.2. The first-order chi connectivity index (χ1) is 17.6. The van der Waals surface area contributed by atoms with Gasteiger partial charge in [-0.25, -0.2) is 9.97 Å². The maximum atomic E-state index is 11.6. The van der Waals surface area contributed by atoms with Gasteiger partial charge in [0.15, 0.2) is 0 Å². The molecule has 0 bridgehead atoms. The van der Waals surface area contributed by atoms with E-state index in [2.05, 4.69) is 50.1 Å². The minimum Gasteiger partial charge on any atom is -0.474 e. The zero-order chi connectivity index (χ0) is 24.5. The van der Waals surface area contributed by atoms with Gasteiger partial charge in [0.1, 0.15) is 17.3 Å². The number of fused-ring (bicyclic) bond motifs is 3. The summed E-state index contributed by atoms with van der Waals surface area (Å²) in [6.45, 7) is 5.63. The molecule has 2 aromatic heterocycles. The van der Waals surface area contributed by atoms with Crippen LogP contribution in [0.4, 0.5) is 0 Å². The van der Waals surface area contributed by atoms with Gasteiger partial charge in [-0.05, 0) is 55.6 Å². The summed E-state index contributed by atoms with van der Waals surface area (Å²) in [6, 6.07) is 11.4. The molecule has 7 nitrogen and oxygen atoms in total. The van der Waals surface area contributed by atoms with Crippen LogP contribution in [0.15, 0.2) is 36.7 Å². The van der Waals surface area contributed by atoms with Gasteiger partial charge in [-0.1, -0.05) is 30.3 Å². The summed E-state index contributed by atoms with van der Waals surface area (Å²) in [5.74, 6) is 0.619. The minimum absolute atomic E-state index is 0.163. The van der Waals surface area contributed by atoms with E-state index in [0.717, 1.165) is 68.6 Å². The number of thiophene rings is 1. The molecule has 1 amide bonds. The number of amides is 1. The molecule has 1 atom stereocenters. The number of nitrogens with two attached hydrogens (primary N) is 1. The van der Waals surface area contributed by atoms with E-state index >= 15 is 0 Å². The lowest BCUT2D eigenvalue weighted by molar-refractivity contribution is -0.118. The summed E-state index contributed by atoms with van der Waals surface area (Å²) in [4.78, 5) is 28.3. The molecule has 3 aromatic rings. The third-order valence-electron chi connectivity index (χ3n) is 8.24. The molecule has 8 heteroatoms. The van der Waals surface area contributed by atoms with Crippen LogP contribution in [-0.4, -0.2) is 64.0 Å². The van der Waals surface area contributed by atoms with E-state index in [-0.39, 0.29) is 17.9 Å². The number of carbonyl (C=O) groups is 1. The van der Waals surface area contributed by atoms with Gasteiger partial charge in [-0.3, -0.25) is 14.6 Å². The lowest BCUT2D eigenvalue weighted by atomic mass is 9.91. The minimum atomic E-state index is -0.245. The number of carbonyl (C=O) groups excluding carboxylic acids is 1. The van der Waals surface area contributed by atoms with Crippen molar-refractivity contribution in [2.45, 2.75) is 69.6 Å². The van der Waals surface area contributed by atoms with E-state index < -0.39 is 0 Å². The number of hydrogen-bond donors (Lipinski definition) is 1. The standard InChI is InChI=1S/C28H35N5O2S/c29-24(34)16-20-6-11-23-25(20)26-27(30-18-31-28(26)36-23)35-22-9-7-21(8-10-22)33-14-12-32(13-15-33)17-19-4-2-1-3-5-19/h1-5,18,20-22H,6-17H2,(H2,29,34)/t20-,21-,22-/m1/s1. The van der Waals surface area contributed by atoms with Crippen LogP contribution in [0.2, 0.25) is 0 Å². The van der Waals surface area contributed by atoms with Crippen molar-refractivity contribution in [3.05, 3.63) is 52.7 Å². The Kier molecular flexibility index (Phi) is 6.91. The second kappa shape index (κ2) is 10.4. The van der Waals surface area contributed by atoms with Crippen LogP contribution in [-0.2, 0) is 17.8 Å². The van der Waals surface area contributed by atoms with Gasteiger partial charge in [0.2, 0.25) is 11.8 Å². The van der Waals surface area contributed by atoms with Crippen LogP contribution in [0, 0.1) is 0 Å². The maximum Gasteiger partial charge on any atom is 0.225 e. The van der Waals surface area contributed by atoms with E-state index in [1.54, 1.807) is 17.7 Å². The van der Waals surface area contributed by atoms with Gasteiger partial charge in [-0.15, -0.1) is 11.3 Å². The zero-order valence-corrected chi connectivity index (χ0v) is 21.6. The van der Waals surface area contributed by atoms with E-state index in [9.17, 15) is 4.79 Å². The number of benzene rings is 1. The summed E-state index contributed by atoms with van der Waals surface area (Å²) in [7, 11) is 0. The van der Waals surface area contributed by atoms with Crippen molar-refractivity contribution in [2.24, 2.45) is 5.73 Å². The second-order valence-corrected chi connectivity index (χ2v) is 11.6. The molecule has 1 aliphatic heterocycles. The maximum absolute atomic E-state index is 11.6. The lowest BCUT2D eigenvalue weighted by Gasteiger charge is -2.42. The van der Waals surface area contributed by atoms with Gasteiger partial charge >= 0.3 is 0 Å². The van der Waals surface area contributed by atoms with E-state index in [4.69, 9.17) is 10.5 Å². The molecule has 0 unspecified atom stereocenters. The van der Waals surface area contributed by atoms with E-state index in [1.807, 2.05) is 0 Å². The Bertz CT molecular complexity index is 1200. The molecular formula is C28H35N5O2S. The predicted octanol–water partition coefficient (Wildman–Crippen LogP) is 4.10. The van der Waals surface area contributed by atoms with Gasteiger partial charge in [0.25, 0.3) is 0 Å². The summed E-state index contributed by atoms with van der Waals surface area (Å²) >= 11 is 1.72. The molecule has 6 rings (SSSR count). The van der Waals surface area contributed by atoms with Crippen LogP contribution in [0.5, 0.6) is 5.88 Å². The van der Waals surface area contributed by atoms with Crippen LogP contribution in [0.25, 0.3) is 10.2 Å². The summed E-state index contributed by atoms with van der Waals surface area (Å²) in [6.07, 6.45) is 8.59. The molecule has 2 fully saturated rings. The number of hydrogen-bond acceptors (Lipinski definition) is 7. The number of primary amides is 1. The quantitative estimate of drug-likeness (QED) is 0.520. The molecule has 0 radical (unpaired) electrons. The Morgan fingerprint density at radius 3 is 2.56 bits per heavy atom. The van der Waals surface area contributed by atoms with Crippen molar-refractivity contribution in [3.63, 3.8) is 0 Å². The summed E-state index contributed by atoms with van der Waals surface area (Å²) in [5, 5.41) is 1.03. The van der Waals surface area contributed by atoms with E-state index in [0.29, 0.717) is 18.3 Å². The first kappa shape index (κ1) is 23.8. The van der Waals surface area contributed by atoms with Crippen molar-refractivity contribution in [2.75, 3.05) is 26.2 Å². The number of rotatable bonds is 7. The second-order valence-electron chi connectivity index (χ2n) is 10.6.